The maximum atomic E-state index is 11.9. The second kappa shape index (κ2) is 11.0. The van der Waals surface area contributed by atoms with E-state index in [9.17, 15) is 4.79 Å². The largest absolute Gasteiger partial charge is 0.272 e. The Morgan fingerprint density at radius 3 is 2.61 bits per heavy atom. The van der Waals surface area contributed by atoms with Gasteiger partial charge in [-0.1, -0.05) is 92.7 Å². The van der Waals surface area contributed by atoms with Crippen molar-refractivity contribution in [2.45, 2.75) is 14.4 Å². The molecule has 0 aliphatic carbocycles. The Labute approximate surface area is 188 Å². The summed E-state index contributed by atoms with van der Waals surface area (Å²) in [7, 11) is 0. The molecule has 0 unspecified atom stereocenters. The van der Waals surface area contributed by atoms with E-state index in [1.165, 1.54) is 28.7 Å². The fourth-order valence-corrected chi connectivity index (χ4v) is 5.23. The first-order chi connectivity index (χ1) is 13.6. The minimum Gasteiger partial charge on any atom is -0.272 e. The Kier molecular flexibility index (Phi) is 8.35. The van der Waals surface area contributed by atoms with E-state index >= 15 is 0 Å². The summed E-state index contributed by atoms with van der Waals surface area (Å²) in [5.74, 6) is 0.823. The summed E-state index contributed by atoms with van der Waals surface area (Å²) >= 11 is 13.7. The van der Waals surface area contributed by atoms with Crippen molar-refractivity contribution in [1.82, 2.24) is 15.6 Å². The number of benzene rings is 2. The van der Waals surface area contributed by atoms with Crippen molar-refractivity contribution < 1.29 is 4.79 Å². The summed E-state index contributed by atoms with van der Waals surface area (Å²) in [6, 6.07) is 15.4. The van der Waals surface area contributed by atoms with E-state index in [1.54, 1.807) is 18.0 Å². The van der Waals surface area contributed by atoms with Gasteiger partial charge in [-0.25, -0.2) is 5.43 Å². The average molecular weight is 514 g/mol. The molecule has 28 heavy (non-hydrogen) atoms. The number of thioether (sulfide) groups is 2. The highest BCUT2D eigenvalue weighted by atomic mass is 79.9. The first-order valence-electron chi connectivity index (χ1n) is 8.00. The third kappa shape index (κ3) is 6.89. The Morgan fingerprint density at radius 2 is 1.86 bits per heavy atom. The lowest BCUT2D eigenvalue weighted by atomic mass is 10.2. The SMILES string of the molecule is O=C(CSc1nnc(SCc2ccc(Cl)cc2)s1)NN=Cc1ccccc1Br. The van der Waals surface area contributed by atoms with Crippen LogP contribution in [0.1, 0.15) is 11.1 Å². The van der Waals surface area contributed by atoms with E-state index in [-0.39, 0.29) is 11.7 Å². The maximum absolute atomic E-state index is 11.9. The van der Waals surface area contributed by atoms with Crippen molar-refractivity contribution >= 4 is 74.5 Å². The van der Waals surface area contributed by atoms with E-state index in [2.05, 4.69) is 36.7 Å². The molecule has 0 atom stereocenters. The standard InChI is InChI=1S/C18H14BrClN4OS3/c19-15-4-2-1-3-13(15)9-21-22-16(25)11-27-18-24-23-17(28-18)26-10-12-5-7-14(20)8-6-12/h1-9H,10-11H2,(H,22,25). The van der Waals surface area contributed by atoms with Crippen LogP contribution in [0.25, 0.3) is 0 Å². The minimum atomic E-state index is -0.195. The van der Waals surface area contributed by atoms with Crippen molar-refractivity contribution in [1.29, 1.82) is 0 Å². The molecule has 2 aromatic carbocycles. The van der Waals surface area contributed by atoms with Gasteiger partial charge in [0.25, 0.3) is 5.91 Å². The normalized spacial score (nSPS) is 11.1. The molecule has 0 aliphatic rings. The zero-order valence-electron chi connectivity index (χ0n) is 14.3. The molecule has 1 heterocycles. The van der Waals surface area contributed by atoms with Gasteiger partial charge in [-0.2, -0.15) is 5.10 Å². The van der Waals surface area contributed by atoms with Gasteiger partial charge in [-0.05, 0) is 23.8 Å². The summed E-state index contributed by atoms with van der Waals surface area (Å²) in [5, 5.41) is 13.0. The molecule has 0 radical (unpaired) electrons. The lowest BCUT2D eigenvalue weighted by Gasteiger charge is -1.99. The molecule has 1 amide bonds. The van der Waals surface area contributed by atoms with Gasteiger partial charge in [0, 0.05) is 20.8 Å². The fraction of sp³-hybridized carbons (Fsp3) is 0.111. The number of hydrogen-bond acceptors (Lipinski definition) is 7. The molecule has 5 nitrogen and oxygen atoms in total. The predicted octanol–water partition coefficient (Wildman–Crippen LogP) is 5.49. The number of amides is 1. The molecular weight excluding hydrogens is 500 g/mol. The Bertz CT molecular complexity index is 965. The highest BCUT2D eigenvalue weighted by Crippen LogP contribution is 2.30. The number of carbonyl (C=O) groups is 1. The minimum absolute atomic E-state index is 0.195. The average Bonchev–Trinajstić information content (AvgIpc) is 3.15. The summed E-state index contributed by atoms with van der Waals surface area (Å²) < 4.78 is 2.54. The van der Waals surface area contributed by atoms with Crippen molar-refractivity contribution in [3.63, 3.8) is 0 Å². The van der Waals surface area contributed by atoms with Crippen LogP contribution in [0, 0.1) is 0 Å². The second-order valence-corrected chi connectivity index (χ2v) is 10.1. The van der Waals surface area contributed by atoms with Crippen LogP contribution < -0.4 is 5.43 Å². The smallest absolute Gasteiger partial charge is 0.250 e. The Morgan fingerprint density at radius 1 is 1.14 bits per heavy atom. The van der Waals surface area contributed by atoms with Gasteiger partial charge < -0.3 is 0 Å². The molecule has 0 saturated carbocycles. The number of nitrogens with zero attached hydrogens (tertiary/aromatic N) is 3. The summed E-state index contributed by atoms with van der Waals surface area (Å²) in [4.78, 5) is 11.9. The number of hydrogen-bond donors (Lipinski definition) is 1. The van der Waals surface area contributed by atoms with Crippen LogP contribution >= 0.6 is 62.4 Å². The van der Waals surface area contributed by atoms with E-state index in [4.69, 9.17) is 11.6 Å². The van der Waals surface area contributed by atoms with Crippen molar-refractivity contribution in [3.05, 3.63) is 69.2 Å². The Balaban J connectivity index is 1.41. The summed E-state index contributed by atoms with van der Waals surface area (Å²) in [5.41, 5.74) is 4.57. The van der Waals surface area contributed by atoms with Crippen molar-refractivity contribution in [2.75, 3.05) is 5.75 Å². The van der Waals surface area contributed by atoms with E-state index in [1.807, 2.05) is 48.5 Å². The maximum Gasteiger partial charge on any atom is 0.250 e. The zero-order valence-corrected chi connectivity index (χ0v) is 19.1. The quantitative estimate of drug-likeness (QED) is 0.245. The number of rotatable bonds is 8. The van der Waals surface area contributed by atoms with Crippen molar-refractivity contribution in [3.8, 4) is 0 Å². The number of aromatic nitrogens is 2. The van der Waals surface area contributed by atoms with Crippen LogP contribution in [0.15, 0.2) is 66.8 Å². The number of carbonyl (C=O) groups excluding carboxylic acids is 1. The highest BCUT2D eigenvalue weighted by molar-refractivity contribution is 9.10. The predicted molar refractivity (Wildman–Crippen MR) is 122 cm³/mol. The van der Waals surface area contributed by atoms with Crippen LogP contribution in [0.4, 0.5) is 0 Å². The molecule has 144 valence electrons. The number of hydrazone groups is 1. The van der Waals surface area contributed by atoms with Gasteiger partial charge in [0.05, 0.1) is 12.0 Å². The van der Waals surface area contributed by atoms with Crippen LogP contribution in [0.5, 0.6) is 0 Å². The lowest BCUT2D eigenvalue weighted by molar-refractivity contribution is -0.118. The molecular formula is C18H14BrClN4OS3. The summed E-state index contributed by atoms with van der Waals surface area (Å²) in [6.07, 6.45) is 1.60. The first kappa shape index (κ1) is 21.3. The topological polar surface area (TPSA) is 67.2 Å². The molecule has 3 aromatic rings. The van der Waals surface area contributed by atoms with Crippen LogP contribution in [0.3, 0.4) is 0 Å². The molecule has 1 N–H and O–H groups in total. The van der Waals surface area contributed by atoms with E-state index in [0.717, 1.165) is 29.5 Å². The van der Waals surface area contributed by atoms with Gasteiger partial charge >= 0.3 is 0 Å². The van der Waals surface area contributed by atoms with Crippen molar-refractivity contribution in [2.24, 2.45) is 5.10 Å². The molecule has 10 heteroatoms. The van der Waals surface area contributed by atoms with Crippen LogP contribution in [0.2, 0.25) is 5.02 Å². The lowest BCUT2D eigenvalue weighted by Crippen LogP contribution is -2.19. The van der Waals surface area contributed by atoms with Gasteiger partial charge in [0.2, 0.25) is 0 Å². The van der Waals surface area contributed by atoms with Gasteiger partial charge in [0.15, 0.2) is 8.68 Å². The molecule has 0 saturated heterocycles. The third-order valence-corrected chi connectivity index (χ3v) is 7.52. The molecule has 0 fully saturated rings. The van der Waals surface area contributed by atoms with Crippen LogP contribution in [-0.4, -0.2) is 28.1 Å². The zero-order chi connectivity index (χ0) is 19.8. The van der Waals surface area contributed by atoms with Gasteiger partial charge in [-0.3, -0.25) is 4.79 Å². The molecule has 0 bridgehead atoms. The Hall–Kier alpha value is -1.39. The number of halogens is 2. The molecule has 0 spiro atoms. The third-order valence-electron chi connectivity index (χ3n) is 3.29. The van der Waals surface area contributed by atoms with E-state index < -0.39 is 0 Å². The van der Waals surface area contributed by atoms with E-state index in [0.29, 0.717) is 0 Å². The van der Waals surface area contributed by atoms with Gasteiger partial charge in [0.1, 0.15) is 0 Å². The molecule has 1 aromatic heterocycles. The summed E-state index contributed by atoms with van der Waals surface area (Å²) in [6.45, 7) is 0. The number of nitrogens with one attached hydrogen (secondary N) is 1. The first-order valence-corrected chi connectivity index (χ1v) is 12.0. The molecule has 3 rings (SSSR count). The fourth-order valence-electron chi connectivity index (χ4n) is 1.95. The van der Waals surface area contributed by atoms with Gasteiger partial charge in [-0.15, -0.1) is 10.2 Å². The monoisotopic (exact) mass is 512 g/mol. The highest BCUT2D eigenvalue weighted by Gasteiger charge is 2.08. The molecule has 0 aliphatic heterocycles. The van der Waals surface area contributed by atoms with Crippen LogP contribution in [-0.2, 0) is 10.5 Å². The second-order valence-electron chi connectivity index (χ2n) is 5.35.